The van der Waals surface area contributed by atoms with Crippen LogP contribution in [0, 0.1) is 0 Å². The van der Waals surface area contributed by atoms with E-state index >= 15 is 0 Å². The molecule has 0 unspecified atom stereocenters. The van der Waals surface area contributed by atoms with Crippen molar-refractivity contribution in [3.63, 3.8) is 0 Å². The van der Waals surface area contributed by atoms with Crippen LogP contribution in [-0.2, 0) is 4.79 Å². The second-order valence-electron chi connectivity index (χ2n) is 3.16. The van der Waals surface area contributed by atoms with Gasteiger partial charge in [-0.15, -0.1) is 0 Å². The molecule has 3 N–H and O–H groups in total. The molecule has 0 aliphatic carbocycles. The maximum atomic E-state index is 11.0. The van der Waals surface area contributed by atoms with Crippen molar-refractivity contribution in [1.29, 1.82) is 0 Å². The van der Waals surface area contributed by atoms with E-state index in [-0.39, 0.29) is 5.91 Å². The van der Waals surface area contributed by atoms with Crippen LogP contribution in [0.5, 0.6) is 0 Å². The summed E-state index contributed by atoms with van der Waals surface area (Å²) in [5.74, 6) is 0.137. The first-order chi connectivity index (χ1) is 6.18. The van der Waals surface area contributed by atoms with Crippen LogP contribution in [0.1, 0.15) is 12.8 Å². The minimum atomic E-state index is 0.137. The molecule has 5 heteroatoms. The molecule has 74 valence electrons. The second kappa shape index (κ2) is 5.14. The van der Waals surface area contributed by atoms with E-state index in [1.165, 1.54) is 0 Å². The van der Waals surface area contributed by atoms with Crippen LogP contribution in [0.2, 0.25) is 0 Å². The molecule has 0 spiro atoms. The van der Waals surface area contributed by atoms with Gasteiger partial charge in [0.25, 0.3) is 0 Å². The number of nitrogens with two attached hydrogens (primary N) is 1. The Hall–Kier alpha value is -0.680. The topological polar surface area (TPSA) is 58.4 Å². The zero-order valence-electron chi connectivity index (χ0n) is 7.58. The highest BCUT2D eigenvalue weighted by Crippen LogP contribution is 1.97. The highest BCUT2D eigenvalue weighted by Gasteiger charge is 2.12. The molecule has 1 aliphatic rings. The molecule has 1 fully saturated rings. The van der Waals surface area contributed by atoms with E-state index in [2.05, 4.69) is 10.2 Å². The Morgan fingerprint density at radius 1 is 1.62 bits per heavy atom. The average molecular weight is 201 g/mol. The predicted molar refractivity (Wildman–Crippen MR) is 55.5 cm³/mol. The third-order valence-corrected chi connectivity index (χ3v) is 2.28. The number of carbonyl (C=O) groups is 1. The molecule has 0 atom stereocenters. The molecule has 4 nitrogen and oxygen atoms in total. The fourth-order valence-corrected chi connectivity index (χ4v) is 1.40. The molecule has 0 aromatic heterocycles. The molecule has 1 amide bonds. The molecule has 1 aliphatic heterocycles. The standard InChI is InChI=1S/C8H15N3OS/c9-7(13)1-4-11-5-2-8(12)10-3-6-11/h1-6H2,(H2,9,13)(H,10,12). The van der Waals surface area contributed by atoms with Crippen LogP contribution >= 0.6 is 12.2 Å². The Kier molecular flexibility index (Phi) is 4.11. The van der Waals surface area contributed by atoms with Crippen molar-refractivity contribution in [3.8, 4) is 0 Å². The van der Waals surface area contributed by atoms with Crippen molar-refractivity contribution in [2.45, 2.75) is 12.8 Å². The average Bonchev–Trinajstić information content (AvgIpc) is 2.27. The van der Waals surface area contributed by atoms with Crippen LogP contribution in [0.15, 0.2) is 0 Å². The second-order valence-corrected chi connectivity index (χ2v) is 3.68. The van der Waals surface area contributed by atoms with Crippen molar-refractivity contribution in [2.75, 3.05) is 26.2 Å². The van der Waals surface area contributed by atoms with Crippen molar-refractivity contribution in [1.82, 2.24) is 10.2 Å². The molecule has 0 radical (unpaired) electrons. The number of hydrogen-bond donors (Lipinski definition) is 2. The van der Waals surface area contributed by atoms with Crippen LogP contribution in [0.4, 0.5) is 0 Å². The van der Waals surface area contributed by atoms with E-state index in [0.717, 1.165) is 32.6 Å². The summed E-state index contributed by atoms with van der Waals surface area (Å²) in [6.45, 7) is 3.31. The van der Waals surface area contributed by atoms with E-state index in [1.807, 2.05) is 0 Å². The molecule has 0 saturated carbocycles. The summed E-state index contributed by atoms with van der Waals surface area (Å²) < 4.78 is 0. The number of amides is 1. The van der Waals surface area contributed by atoms with Gasteiger partial charge >= 0.3 is 0 Å². The zero-order chi connectivity index (χ0) is 9.68. The SMILES string of the molecule is NC(=S)CCN1CCNC(=O)CC1. The summed E-state index contributed by atoms with van der Waals surface area (Å²) in [5, 5.41) is 2.82. The number of thiocarbonyl (C=S) groups is 1. The first kappa shape index (κ1) is 10.4. The number of rotatable bonds is 3. The summed E-state index contributed by atoms with van der Waals surface area (Å²) in [5.41, 5.74) is 5.40. The summed E-state index contributed by atoms with van der Waals surface area (Å²) in [6, 6.07) is 0. The van der Waals surface area contributed by atoms with Gasteiger partial charge < -0.3 is 16.0 Å². The lowest BCUT2D eigenvalue weighted by molar-refractivity contribution is -0.120. The van der Waals surface area contributed by atoms with Gasteiger partial charge in [-0.25, -0.2) is 0 Å². The molecule has 1 heterocycles. The third kappa shape index (κ3) is 4.19. The Labute approximate surface area is 83.5 Å². The number of nitrogens with zero attached hydrogens (tertiary/aromatic N) is 1. The maximum Gasteiger partial charge on any atom is 0.221 e. The molecule has 1 rings (SSSR count). The van der Waals surface area contributed by atoms with Crippen LogP contribution < -0.4 is 11.1 Å². The van der Waals surface area contributed by atoms with Gasteiger partial charge in [-0.1, -0.05) is 12.2 Å². The van der Waals surface area contributed by atoms with E-state index < -0.39 is 0 Å². The van der Waals surface area contributed by atoms with Crippen molar-refractivity contribution >= 4 is 23.1 Å². The minimum Gasteiger partial charge on any atom is -0.393 e. The Morgan fingerprint density at radius 3 is 3.08 bits per heavy atom. The van der Waals surface area contributed by atoms with Gasteiger partial charge in [0.1, 0.15) is 0 Å². The highest BCUT2D eigenvalue weighted by atomic mass is 32.1. The molecule has 0 aromatic carbocycles. The lowest BCUT2D eigenvalue weighted by atomic mass is 10.3. The van der Waals surface area contributed by atoms with E-state index in [1.54, 1.807) is 0 Å². The van der Waals surface area contributed by atoms with Gasteiger partial charge in [0, 0.05) is 39.0 Å². The lowest BCUT2D eigenvalue weighted by Gasteiger charge is -2.17. The zero-order valence-corrected chi connectivity index (χ0v) is 8.40. The molecular weight excluding hydrogens is 186 g/mol. The minimum absolute atomic E-state index is 0.137. The lowest BCUT2D eigenvalue weighted by Crippen LogP contribution is -2.31. The van der Waals surface area contributed by atoms with Gasteiger partial charge in [-0.2, -0.15) is 0 Å². The normalized spacial score (nSPS) is 19.2. The largest absolute Gasteiger partial charge is 0.393 e. The first-order valence-corrected chi connectivity index (χ1v) is 4.86. The maximum absolute atomic E-state index is 11.0. The number of nitrogens with one attached hydrogen (secondary N) is 1. The summed E-state index contributed by atoms with van der Waals surface area (Å²) >= 11 is 4.79. The van der Waals surface area contributed by atoms with Crippen LogP contribution in [-0.4, -0.2) is 42.0 Å². The molecule has 0 aromatic rings. The summed E-state index contributed by atoms with van der Waals surface area (Å²) in [4.78, 5) is 13.7. The molecule has 0 bridgehead atoms. The molecular formula is C8H15N3OS. The van der Waals surface area contributed by atoms with Gasteiger partial charge in [-0.3, -0.25) is 4.79 Å². The van der Waals surface area contributed by atoms with Gasteiger partial charge in [-0.05, 0) is 0 Å². The fraction of sp³-hybridized carbons (Fsp3) is 0.750. The summed E-state index contributed by atoms with van der Waals surface area (Å²) in [6.07, 6.45) is 1.32. The first-order valence-electron chi connectivity index (χ1n) is 4.46. The molecule has 13 heavy (non-hydrogen) atoms. The quantitative estimate of drug-likeness (QED) is 0.604. The smallest absolute Gasteiger partial charge is 0.221 e. The summed E-state index contributed by atoms with van der Waals surface area (Å²) in [7, 11) is 0. The van der Waals surface area contributed by atoms with Crippen molar-refractivity contribution in [2.24, 2.45) is 5.73 Å². The van der Waals surface area contributed by atoms with E-state index in [9.17, 15) is 4.79 Å². The Morgan fingerprint density at radius 2 is 2.38 bits per heavy atom. The van der Waals surface area contributed by atoms with Crippen LogP contribution in [0.3, 0.4) is 0 Å². The van der Waals surface area contributed by atoms with Crippen LogP contribution in [0.25, 0.3) is 0 Å². The predicted octanol–water partition coefficient (Wildman–Crippen LogP) is -0.516. The highest BCUT2D eigenvalue weighted by molar-refractivity contribution is 7.80. The van der Waals surface area contributed by atoms with Crippen molar-refractivity contribution in [3.05, 3.63) is 0 Å². The Balaban J connectivity index is 2.25. The fourth-order valence-electron chi connectivity index (χ4n) is 1.31. The van der Waals surface area contributed by atoms with E-state index in [0.29, 0.717) is 11.4 Å². The molecule has 1 saturated heterocycles. The van der Waals surface area contributed by atoms with Crippen molar-refractivity contribution < 1.29 is 4.79 Å². The van der Waals surface area contributed by atoms with E-state index in [4.69, 9.17) is 18.0 Å². The monoisotopic (exact) mass is 201 g/mol. The van der Waals surface area contributed by atoms with Gasteiger partial charge in [0.2, 0.25) is 5.91 Å². The number of carbonyl (C=O) groups excluding carboxylic acids is 1. The van der Waals surface area contributed by atoms with Gasteiger partial charge in [0.15, 0.2) is 0 Å². The van der Waals surface area contributed by atoms with Gasteiger partial charge in [0.05, 0.1) is 4.99 Å². The number of hydrogen-bond acceptors (Lipinski definition) is 3. The Bertz CT molecular complexity index is 208. The third-order valence-electron chi connectivity index (χ3n) is 2.08.